The molecule has 0 unspecified atom stereocenters. The second kappa shape index (κ2) is 4.75. The molecule has 1 fully saturated rings. The average molecular weight is 234 g/mol. The highest BCUT2D eigenvalue weighted by Crippen LogP contribution is 2.23. The number of carbonyl (C=O) groups excluding carboxylic acids is 1. The lowest BCUT2D eigenvalue weighted by Gasteiger charge is -2.29. The Bertz CT molecular complexity index is 414. The van der Waals surface area contributed by atoms with E-state index in [-0.39, 0.29) is 5.91 Å². The molecule has 2 N–H and O–H groups in total. The summed E-state index contributed by atoms with van der Waals surface area (Å²) in [6, 6.07) is 4.05. The van der Waals surface area contributed by atoms with Gasteiger partial charge in [-0.2, -0.15) is 0 Å². The molecular formula is C13H18N2O2. The van der Waals surface area contributed by atoms with Gasteiger partial charge in [0.1, 0.15) is 0 Å². The van der Waals surface area contributed by atoms with Crippen LogP contribution in [0.2, 0.25) is 0 Å². The number of carbonyl (C=O) groups is 1. The lowest BCUT2D eigenvalue weighted by molar-refractivity contribution is 0.0999. The average Bonchev–Trinajstić information content (AvgIpc) is 2.28. The zero-order chi connectivity index (χ0) is 12.4. The van der Waals surface area contributed by atoms with E-state index in [1.807, 2.05) is 26.0 Å². The van der Waals surface area contributed by atoms with Crippen LogP contribution in [-0.2, 0) is 4.74 Å². The number of benzene rings is 1. The van der Waals surface area contributed by atoms with Crippen molar-refractivity contribution in [2.45, 2.75) is 13.8 Å². The van der Waals surface area contributed by atoms with Crippen molar-refractivity contribution in [3.63, 3.8) is 0 Å². The van der Waals surface area contributed by atoms with E-state index in [1.54, 1.807) is 0 Å². The smallest absolute Gasteiger partial charge is 0.249 e. The van der Waals surface area contributed by atoms with Gasteiger partial charge in [0.15, 0.2) is 0 Å². The Labute approximate surface area is 101 Å². The molecule has 0 bridgehead atoms. The maximum absolute atomic E-state index is 11.3. The van der Waals surface area contributed by atoms with Gasteiger partial charge in [-0.25, -0.2) is 0 Å². The molecule has 0 saturated carbocycles. The first kappa shape index (κ1) is 11.9. The lowest BCUT2D eigenvalue weighted by Crippen LogP contribution is -2.36. The molecule has 1 saturated heterocycles. The number of nitrogens with two attached hydrogens (primary N) is 1. The summed E-state index contributed by atoms with van der Waals surface area (Å²) in [6.45, 7) is 7.17. The van der Waals surface area contributed by atoms with Crippen molar-refractivity contribution >= 4 is 11.6 Å². The largest absolute Gasteiger partial charge is 0.378 e. The molecule has 0 aromatic heterocycles. The van der Waals surface area contributed by atoms with Gasteiger partial charge in [-0.3, -0.25) is 4.79 Å². The number of hydrogen-bond donors (Lipinski definition) is 1. The Morgan fingerprint density at radius 1 is 1.24 bits per heavy atom. The van der Waals surface area contributed by atoms with E-state index in [4.69, 9.17) is 10.5 Å². The molecule has 1 aromatic carbocycles. The normalized spacial score (nSPS) is 16.0. The number of amides is 1. The van der Waals surface area contributed by atoms with Crippen LogP contribution in [0.15, 0.2) is 12.1 Å². The van der Waals surface area contributed by atoms with Crippen molar-refractivity contribution in [2.75, 3.05) is 31.2 Å². The van der Waals surface area contributed by atoms with E-state index in [2.05, 4.69) is 4.90 Å². The fourth-order valence-corrected chi connectivity index (χ4v) is 2.33. The van der Waals surface area contributed by atoms with Crippen molar-refractivity contribution in [2.24, 2.45) is 5.73 Å². The Morgan fingerprint density at radius 3 is 2.24 bits per heavy atom. The Morgan fingerprint density at radius 2 is 1.76 bits per heavy atom. The summed E-state index contributed by atoms with van der Waals surface area (Å²) in [5.41, 5.74) is 9.05. The van der Waals surface area contributed by atoms with Gasteiger partial charge in [0, 0.05) is 24.3 Å². The van der Waals surface area contributed by atoms with Crippen LogP contribution in [0.1, 0.15) is 21.5 Å². The number of hydrogen-bond acceptors (Lipinski definition) is 3. The maximum Gasteiger partial charge on any atom is 0.249 e. The highest BCUT2D eigenvalue weighted by Gasteiger charge is 2.15. The van der Waals surface area contributed by atoms with Gasteiger partial charge >= 0.3 is 0 Å². The number of nitrogens with zero attached hydrogens (tertiary/aromatic N) is 1. The second-order valence-electron chi connectivity index (χ2n) is 4.42. The van der Waals surface area contributed by atoms with Gasteiger partial charge < -0.3 is 15.4 Å². The quantitative estimate of drug-likeness (QED) is 0.837. The van der Waals surface area contributed by atoms with Gasteiger partial charge in [-0.05, 0) is 37.1 Å². The number of primary amides is 1. The van der Waals surface area contributed by atoms with Crippen LogP contribution in [0.25, 0.3) is 0 Å². The van der Waals surface area contributed by atoms with Crippen LogP contribution in [0.4, 0.5) is 5.69 Å². The van der Waals surface area contributed by atoms with E-state index in [0.717, 1.165) is 43.1 Å². The number of rotatable bonds is 2. The third kappa shape index (κ3) is 2.42. The van der Waals surface area contributed by atoms with E-state index in [0.29, 0.717) is 5.56 Å². The molecule has 4 heteroatoms. The number of ether oxygens (including phenoxy) is 1. The molecule has 4 nitrogen and oxygen atoms in total. The van der Waals surface area contributed by atoms with E-state index in [1.165, 1.54) is 0 Å². The molecule has 1 aromatic rings. The molecule has 92 valence electrons. The minimum absolute atomic E-state index is 0.353. The molecule has 0 radical (unpaired) electrons. The summed E-state index contributed by atoms with van der Waals surface area (Å²) in [7, 11) is 0. The van der Waals surface area contributed by atoms with Gasteiger partial charge in [-0.1, -0.05) is 0 Å². The number of aryl methyl sites for hydroxylation is 2. The fourth-order valence-electron chi connectivity index (χ4n) is 2.33. The fraction of sp³-hybridized carbons (Fsp3) is 0.462. The molecule has 2 rings (SSSR count). The van der Waals surface area contributed by atoms with Crippen LogP contribution in [0, 0.1) is 13.8 Å². The first-order valence-electron chi connectivity index (χ1n) is 5.83. The van der Waals surface area contributed by atoms with Gasteiger partial charge in [0.2, 0.25) is 5.91 Å². The monoisotopic (exact) mass is 234 g/mol. The van der Waals surface area contributed by atoms with Crippen molar-refractivity contribution in [3.8, 4) is 0 Å². The summed E-state index contributed by atoms with van der Waals surface area (Å²) in [5.74, 6) is -0.353. The number of anilines is 1. The SMILES string of the molecule is Cc1cc(N2CCOCC2)cc(C)c1C(N)=O. The zero-order valence-electron chi connectivity index (χ0n) is 10.3. The van der Waals surface area contributed by atoms with Crippen LogP contribution in [-0.4, -0.2) is 32.2 Å². The predicted molar refractivity (Wildman–Crippen MR) is 67.5 cm³/mol. The topological polar surface area (TPSA) is 55.6 Å². The summed E-state index contributed by atoms with van der Waals surface area (Å²) >= 11 is 0. The molecule has 1 heterocycles. The third-order valence-electron chi connectivity index (χ3n) is 3.14. The van der Waals surface area contributed by atoms with Crippen molar-refractivity contribution < 1.29 is 9.53 Å². The first-order chi connectivity index (χ1) is 8.09. The molecule has 1 amide bonds. The highest BCUT2D eigenvalue weighted by atomic mass is 16.5. The van der Waals surface area contributed by atoms with Gasteiger partial charge in [0.25, 0.3) is 0 Å². The molecule has 1 aliphatic rings. The summed E-state index contributed by atoms with van der Waals surface area (Å²) in [5, 5.41) is 0. The molecule has 0 atom stereocenters. The van der Waals surface area contributed by atoms with Crippen LogP contribution in [0.5, 0.6) is 0 Å². The standard InChI is InChI=1S/C13H18N2O2/c1-9-7-11(15-3-5-17-6-4-15)8-10(2)12(9)13(14)16/h7-8H,3-6H2,1-2H3,(H2,14,16). The first-order valence-corrected chi connectivity index (χ1v) is 5.83. The minimum Gasteiger partial charge on any atom is -0.378 e. The van der Waals surface area contributed by atoms with Crippen molar-refractivity contribution in [1.29, 1.82) is 0 Å². The van der Waals surface area contributed by atoms with E-state index in [9.17, 15) is 4.79 Å². The Balaban J connectivity index is 2.34. The molecule has 0 aliphatic carbocycles. The van der Waals surface area contributed by atoms with Crippen molar-refractivity contribution in [3.05, 3.63) is 28.8 Å². The molecular weight excluding hydrogens is 216 g/mol. The molecule has 0 spiro atoms. The molecule has 1 aliphatic heterocycles. The summed E-state index contributed by atoms with van der Waals surface area (Å²) in [6.07, 6.45) is 0. The van der Waals surface area contributed by atoms with Crippen LogP contribution >= 0.6 is 0 Å². The minimum atomic E-state index is -0.353. The predicted octanol–water partition coefficient (Wildman–Crippen LogP) is 1.24. The molecule has 17 heavy (non-hydrogen) atoms. The van der Waals surface area contributed by atoms with E-state index >= 15 is 0 Å². The summed E-state index contributed by atoms with van der Waals surface area (Å²) < 4.78 is 5.33. The third-order valence-corrected chi connectivity index (χ3v) is 3.14. The number of morpholine rings is 1. The van der Waals surface area contributed by atoms with Crippen LogP contribution < -0.4 is 10.6 Å². The lowest BCUT2D eigenvalue weighted by atomic mass is 10.0. The second-order valence-corrected chi connectivity index (χ2v) is 4.42. The van der Waals surface area contributed by atoms with E-state index < -0.39 is 0 Å². The zero-order valence-corrected chi connectivity index (χ0v) is 10.3. The maximum atomic E-state index is 11.3. The van der Waals surface area contributed by atoms with Gasteiger partial charge in [0.05, 0.1) is 13.2 Å². The highest BCUT2D eigenvalue weighted by molar-refractivity contribution is 5.96. The Kier molecular flexibility index (Phi) is 3.33. The van der Waals surface area contributed by atoms with Crippen molar-refractivity contribution in [1.82, 2.24) is 0 Å². The van der Waals surface area contributed by atoms with Gasteiger partial charge in [-0.15, -0.1) is 0 Å². The van der Waals surface area contributed by atoms with Crippen LogP contribution in [0.3, 0.4) is 0 Å². The Hall–Kier alpha value is -1.55. The summed E-state index contributed by atoms with van der Waals surface area (Å²) in [4.78, 5) is 13.6.